The van der Waals surface area contributed by atoms with Crippen LogP contribution in [0.5, 0.6) is 0 Å². The summed E-state index contributed by atoms with van der Waals surface area (Å²) in [5.41, 5.74) is 3.55. The van der Waals surface area contributed by atoms with Crippen LogP contribution in [0.2, 0.25) is 10.0 Å². The van der Waals surface area contributed by atoms with Crippen LogP contribution in [-0.2, 0) is 24.8 Å². The molecule has 0 spiro atoms. The van der Waals surface area contributed by atoms with E-state index in [1.54, 1.807) is 18.2 Å². The molecule has 2 N–H and O–H groups in total. The Morgan fingerprint density at radius 2 is 1.34 bits per heavy atom. The number of sulfonamides is 2. The highest BCUT2D eigenvalue weighted by molar-refractivity contribution is 7.93. The van der Waals surface area contributed by atoms with Crippen LogP contribution in [0.15, 0.2) is 94.7 Å². The van der Waals surface area contributed by atoms with Gasteiger partial charge in [-0.2, -0.15) is 0 Å². The van der Waals surface area contributed by atoms with Gasteiger partial charge < -0.3 is 5.32 Å². The van der Waals surface area contributed by atoms with E-state index in [1.807, 2.05) is 32.9 Å². The number of carbonyl (C=O) groups excluding carboxylic acids is 1. The Hall–Kier alpha value is -3.57. The predicted octanol–water partition coefficient (Wildman–Crippen LogP) is 6.55. The number of nitrogens with zero attached hydrogens (tertiary/aromatic N) is 1. The summed E-state index contributed by atoms with van der Waals surface area (Å²) in [6.45, 7) is 4.98. The van der Waals surface area contributed by atoms with E-state index in [-0.39, 0.29) is 31.2 Å². The lowest BCUT2D eigenvalue weighted by molar-refractivity contribution is -0.114. The zero-order chi connectivity index (χ0) is 29.9. The first-order valence-electron chi connectivity index (χ1n) is 12.3. The Bertz CT molecular complexity index is 1810. The van der Waals surface area contributed by atoms with E-state index in [0.717, 1.165) is 21.0 Å². The number of hydrogen-bond acceptors (Lipinski definition) is 5. The summed E-state index contributed by atoms with van der Waals surface area (Å²) >= 11 is 12.2. The third-order valence-corrected chi connectivity index (χ3v) is 10.1. The smallest absolute Gasteiger partial charge is 0.264 e. The molecule has 0 saturated carbocycles. The van der Waals surface area contributed by atoms with Crippen LogP contribution in [0, 0.1) is 20.8 Å². The maximum absolute atomic E-state index is 13.6. The maximum Gasteiger partial charge on any atom is 0.264 e. The number of halogens is 2. The number of hydrogen-bond donors (Lipinski definition) is 2. The molecule has 1 amide bonds. The highest BCUT2D eigenvalue weighted by atomic mass is 35.5. The topological polar surface area (TPSA) is 113 Å². The maximum atomic E-state index is 13.6. The van der Waals surface area contributed by atoms with Crippen molar-refractivity contribution in [1.82, 2.24) is 0 Å². The van der Waals surface area contributed by atoms with Crippen molar-refractivity contribution in [2.75, 3.05) is 20.9 Å². The molecule has 4 aromatic rings. The van der Waals surface area contributed by atoms with Crippen molar-refractivity contribution in [2.24, 2.45) is 0 Å². The summed E-state index contributed by atoms with van der Waals surface area (Å²) in [6, 6.07) is 21.4. The summed E-state index contributed by atoms with van der Waals surface area (Å²) < 4.78 is 56.4. The SMILES string of the molecule is Cc1ccc(S(=O)(=O)N(CC(=O)Nc2ccc(S(=O)(=O)Nc3ccc(C)cc3C)cc2)c2ccc(Cl)c(Cl)c2)cc1. The molecular formula is C29H27Cl2N3O5S2. The first kappa shape index (κ1) is 30.4. The molecule has 0 bridgehead atoms. The molecule has 214 valence electrons. The van der Waals surface area contributed by atoms with Gasteiger partial charge >= 0.3 is 0 Å². The molecule has 0 aromatic heterocycles. The van der Waals surface area contributed by atoms with Crippen LogP contribution in [0.25, 0.3) is 0 Å². The molecule has 4 rings (SSSR count). The van der Waals surface area contributed by atoms with Gasteiger partial charge in [-0.1, -0.05) is 58.6 Å². The molecular weight excluding hydrogens is 605 g/mol. The minimum Gasteiger partial charge on any atom is -0.325 e. The molecule has 4 aromatic carbocycles. The van der Waals surface area contributed by atoms with Crippen LogP contribution in [0.1, 0.15) is 16.7 Å². The number of rotatable bonds is 9. The molecule has 0 radical (unpaired) electrons. The molecule has 0 unspecified atom stereocenters. The molecule has 0 fully saturated rings. The molecule has 12 heteroatoms. The van der Waals surface area contributed by atoms with Gasteiger partial charge in [0.05, 0.1) is 31.2 Å². The number of benzene rings is 4. The lowest BCUT2D eigenvalue weighted by Crippen LogP contribution is -2.38. The summed E-state index contributed by atoms with van der Waals surface area (Å²) in [7, 11) is -8.05. The Kier molecular flexibility index (Phi) is 8.98. The summed E-state index contributed by atoms with van der Waals surface area (Å²) in [6.07, 6.45) is 0. The highest BCUT2D eigenvalue weighted by Gasteiger charge is 2.28. The van der Waals surface area contributed by atoms with E-state index in [9.17, 15) is 21.6 Å². The number of aryl methyl sites for hydroxylation is 3. The summed E-state index contributed by atoms with van der Waals surface area (Å²) in [5.74, 6) is -0.657. The third-order valence-electron chi connectivity index (χ3n) is 6.16. The standard InChI is InChI=1S/C29H27Cl2N3O5S2/c1-19-4-10-25(11-5-19)41(38,39)34(23-9-14-26(30)27(31)17-23)18-29(35)32-22-7-12-24(13-8-22)40(36,37)33-28-15-6-20(2)16-21(28)3/h4-17,33H,18H2,1-3H3,(H,32,35). The second kappa shape index (κ2) is 12.1. The zero-order valence-corrected chi connectivity index (χ0v) is 25.5. The van der Waals surface area contributed by atoms with Crippen LogP contribution < -0.4 is 14.3 Å². The first-order valence-corrected chi connectivity index (χ1v) is 16.0. The minimum absolute atomic E-state index is 0.00476. The van der Waals surface area contributed by atoms with Crippen molar-refractivity contribution in [3.05, 3.63) is 112 Å². The van der Waals surface area contributed by atoms with Gasteiger partial charge in [0, 0.05) is 5.69 Å². The van der Waals surface area contributed by atoms with Crippen molar-refractivity contribution in [1.29, 1.82) is 0 Å². The Morgan fingerprint density at radius 1 is 0.732 bits per heavy atom. The highest BCUT2D eigenvalue weighted by Crippen LogP contribution is 2.31. The van der Waals surface area contributed by atoms with E-state index >= 15 is 0 Å². The van der Waals surface area contributed by atoms with E-state index in [2.05, 4.69) is 10.0 Å². The number of carbonyl (C=O) groups is 1. The average Bonchev–Trinajstić information content (AvgIpc) is 2.91. The zero-order valence-electron chi connectivity index (χ0n) is 22.4. The molecule has 8 nitrogen and oxygen atoms in total. The van der Waals surface area contributed by atoms with E-state index < -0.39 is 32.5 Å². The fourth-order valence-electron chi connectivity index (χ4n) is 3.97. The average molecular weight is 633 g/mol. The Morgan fingerprint density at radius 3 is 1.95 bits per heavy atom. The quantitative estimate of drug-likeness (QED) is 0.217. The lowest BCUT2D eigenvalue weighted by Gasteiger charge is -2.24. The Balaban J connectivity index is 1.55. The summed E-state index contributed by atoms with van der Waals surface area (Å²) in [5, 5.41) is 2.98. The van der Waals surface area contributed by atoms with E-state index in [0.29, 0.717) is 5.69 Å². The Labute approximate surface area is 250 Å². The van der Waals surface area contributed by atoms with Crippen molar-refractivity contribution in [3.63, 3.8) is 0 Å². The normalized spacial score (nSPS) is 11.6. The van der Waals surface area contributed by atoms with Crippen LogP contribution >= 0.6 is 23.2 Å². The van der Waals surface area contributed by atoms with Crippen LogP contribution in [-0.4, -0.2) is 29.3 Å². The van der Waals surface area contributed by atoms with Crippen molar-refractivity contribution < 1.29 is 21.6 Å². The first-order chi connectivity index (χ1) is 19.3. The van der Waals surface area contributed by atoms with Gasteiger partial charge in [-0.3, -0.25) is 13.8 Å². The van der Waals surface area contributed by atoms with Gasteiger partial charge in [0.1, 0.15) is 6.54 Å². The van der Waals surface area contributed by atoms with Gasteiger partial charge in [-0.15, -0.1) is 0 Å². The van der Waals surface area contributed by atoms with Gasteiger partial charge in [-0.25, -0.2) is 16.8 Å². The van der Waals surface area contributed by atoms with Gasteiger partial charge in [-0.05, 0) is 87.0 Å². The van der Waals surface area contributed by atoms with Gasteiger partial charge in [0.2, 0.25) is 5.91 Å². The molecule has 0 aliphatic heterocycles. The largest absolute Gasteiger partial charge is 0.325 e. The fourth-order valence-corrected chi connectivity index (χ4v) is 6.81. The third kappa shape index (κ3) is 7.20. The second-order valence-electron chi connectivity index (χ2n) is 9.42. The number of anilines is 3. The van der Waals surface area contributed by atoms with Gasteiger partial charge in [0.15, 0.2) is 0 Å². The predicted molar refractivity (Wildman–Crippen MR) is 164 cm³/mol. The molecule has 0 heterocycles. The van der Waals surface area contributed by atoms with E-state index in [4.69, 9.17) is 23.2 Å². The molecule has 0 atom stereocenters. The van der Waals surface area contributed by atoms with Crippen LogP contribution in [0.3, 0.4) is 0 Å². The monoisotopic (exact) mass is 631 g/mol. The minimum atomic E-state index is -4.17. The molecule has 0 aliphatic carbocycles. The van der Waals surface area contributed by atoms with Crippen molar-refractivity contribution >= 4 is 66.2 Å². The van der Waals surface area contributed by atoms with Crippen molar-refractivity contribution in [3.8, 4) is 0 Å². The fraction of sp³-hybridized carbons (Fsp3) is 0.138. The van der Waals surface area contributed by atoms with E-state index in [1.165, 1.54) is 54.6 Å². The van der Waals surface area contributed by atoms with Gasteiger partial charge in [0.25, 0.3) is 20.0 Å². The summed E-state index contributed by atoms with van der Waals surface area (Å²) in [4.78, 5) is 13.0. The molecule has 0 aliphatic rings. The second-order valence-corrected chi connectivity index (χ2v) is 13.8. The lowest BCUT2D eigenvalue weighted by atomic mass is 10.1. The van der Waals surface area contributed by atoms with Crippen molar-refractivity contribution in [2.45, 2.75) is 30.6 Å². The number of amides is 1. The number of nitrogens with one attached hydrogen (secondary N) is 2. The molecule has 0 saturated heterocycles. The van der Waals surface area contributed by atoms with Crippen LogP contribution in [0.4, 0.5) is 17.1 Å². The molecule has 41 heavy (non-hydrogen) atoms.